The Bertz CT molecular complexity index is 899. The molecule has 0 spiro atoms. The molecule has 0 fully saturated rings. The van der Waals surface area contributed by atoms with E-state index in [4.69, 9.17) is 9.47 Å². The summed E-state index contributed by atoms with van der Waals surface area (Å²) < 4.78 is 12.6. The lowest BCUT2D eigenvalue weighted by atomic mass is 10.2. The molecular formula is C19H22N4O5S. The number of imidazole rings is 1. The van der Waals surface area contributed by atoms with Gasteiger partial charge in [-0.05, 0) is 12.1 Å². The van der Waals surface area contributed by atoms with Gasteiger partial charge in [-0.15, -0.1) is 6.58 Å². The van der Waals surface area contributed by atoms with Crippen LogP contribution in [0.5, 0.6) is 11.5 Å². The van der Waals surface area contributed by atoms with E-state index in [9.17, 15) is 14.7 Å². The number of amides is 2. The number of nitrogens with one attached hydrogen (secondary N) is 2. The van der Waals surface area contributed by atoms with Crippen molar-refractivity contribution in [2.75, 3.05) is 30.8 Å². The third kappa shape index (κ3) is 5.52. The molecule has 1 aromatic carbocycles. The predicted octanol–water partition coefficient (Wildman–Crippen LogP) is 1.18. The van der Waals surface area contributed by atoms with E-state index < -0.39 is 0 Å². The zero-order valence-corrected chi connectivity index (χ0v) is 16.5. The van der Waals surface area contributed by atoms with Gasteiger partial charge in [-0.25, -0.2) is 4.98 Å². The molecule has 2 amide bonds. The second-order valence-electron chi connectivity index (χ2n) is 6.06. The molecule has 3 N–H and O–H groups in total. The number of hydrogen-bond acceptors (Lipinski definition) is 7. The van der Waals surface area contributed by atoms with Crippen molar-refractivity contribution in [1.82, 2.24) is 14.9 Å². The number of carbonyl (C=O) groups excluding carboxylic acids is 2. The predicted molar refractivity (Wildman–Crippen MR) is 108 cm³/mol. The van der Waals surface area contributed by atoms with Crippen molar-refractivity contribution in [3.8, 4) is 11.5 Å². The molecule has 0 saturated heterocycles. The topological polar surface area (TPSA) is 115 Å². The van der Waals surface area contributed by atoms with Gasteiger partial charge in [0.05, 0.1) is 24.3 Å². The highest BCUT2D eigenvalue weighted by atomic mass is 32.2. The Morgan fingerprint density at radius 1 is 1.28 bits per heavy atom. The van der Waals surface area contributed by atoms with Gasteiger partial charge >= 0.3 is 0 Å². The Balaban J connectivity index is 1.59. The Labute approximate surface area is 172 Å². The number of fused-ring (bicyclic) bond motifs is 1. The van der Waals surface area contributed by atoms with Gasteiger partial charge in [-0.3, -0.25) is 9.59 Å². The van der Waals surface area contributed by atoms with E-state index in [0.717, 1.165) is 0 Å². The summed E-state index contributed by atoms with van der Waals surface area (Å²) in [5.74, 6) is 0.861. The minimum absolute atomic E-state index is 0.00412. The van der Waals surface area contributed by atoms with Gasteiger partial charge in [0.25, 0.3) is 0 Å². The quantitative estimate of drug-likeness (QED) is 0.414. The zero-order chi connectivity index (χ0) is 20.6. The first-order valence-corrected chi connectivity index (χ1v) is 9.94. The van der Waals surface area contributed by atoms with Crippen molar-refractivity contribution in [1.29, 1.82) is 0 Å². The minimum Gasteiger partial charge on any atom is -0.486 e. The summed E-state index contributed by atoms with van der Waals surface area (Å²) >= 11 is 1.18. The van der Waals surface area contributed by atoms with Crippen molar-refractivity contribution in [3.05, 3.63) is 42.7 Å². The highest BCUT2D eigenvalue weighted by Gasteiger charge is 2.16. The summed E-state index contributed by atoms with van der Waals surface area (Å²) in [6.07, 6.45) is 3.07. The summed E-state index contributed by atoms with van der Waals surface area (Å²) in [7, 11) is 0. The van der Waals surface area contributed by atoms with E-state index in [1.165, 1.54) is 18.0 Å². The van der Waals surface area contributed by atoms with E-state index in [1.54, 1.807) is 28.8 Å². The maximum atomic E-state index is 12.3. The van der Waals surface area contributed by atoms with Gasteiger partial charge in [-0.1, -0.05) is 17.8 Å². The molecule has 2 heterocycles. The third-order valence-electron chi connectivity index (χ3n) is 3.97. The number of nitrogens with zero attached hydrogens (tertiary/aromatic N) is 2. The van der Waals surface area contributed by atoms with Crippen LogP contribution in [0.2, 0.25) is 0 Å². The van der Waals surface area contributed by atoms with Crippen LogP contribution >= 0.6 is 11.8 Å². The number of anilines is 1. The normalized spacial score (nSPS) is 12.3. The summed E-state index contributed by atoms with van der Waals surface area (Å²) in [6, 6.07) is 5.20. The first-order valence-electron chi connectivity index (χ1n) is 8.96. The molecule has 0 aliphatic carbocycles. The van der Waals surface area contributed by atoms with Crippen molar-refractivity contribution in [2.24, 2.45) is 0 Å². The van der Waals surface area contributed by atoms with Crippen LogP contribution in [0.15, 0.2) is 42.2 Å². The van der Waals surface area contributed by atoms with E-state index in [1.807, 2.05) is 0 Å². The van der Waals surface area contributed by atoms with Crippen molar-refractivity contribution >= 4 is 29.3 Å². The molecule has 1 aliphatic heterocycles. The lowest BCUT2D eigenvalue weighted by Crippen LogP contribution is -2.28. The van der Waals surface area contributed by atoms with Gasteiger partial charge in [-0.2, -0.15) is 0 Å². The lowest BCUT2D eigenvalue weighted by Gasteiger charge is -2.19. The number of rotatable bonds is 9. The average Bonchev–Trinajstić information content (AvgIpc) is 3.12. The molecular weight excluding hydrogens is 396 g/mol. The fourth-order valence-corrected chi connectivity index (χ4v) is 3.43. The molecule has 10 heteroatoms. The summed E-state index contributed by atoms with van der Waals surface area (Å²) in [5.41, 5.74) is 1.09. The van der Waals surface area contributed by atoms with Crippen LogP contribution in [0.1, 0.15) is 5.69 Å². The van der Waals surface area contributed by atoms with Crippen LogP contribution in [0.4, 0.5) is 5.69 Å². The third-order valence-corrected chi connectivity index (χ3v) is 4.96. The smallest absolute Gasteiger partial charge is 0.240 e. The monoisotopic (exact) mass is 418 g/mol. The molecule has 0 saturated carbocycles. The maximum absolute atomic E-state index is 12.3. The lowest BCUT2D eigenvalue weighted by molar-refractivity contribution is -0.121. The highest BCUT2D eigenvalue weighted by Crippen LogP contribution is 2.32. The van der Waals surface area contributed by atoms with Crippen LogP contribution in [0, 0.1) is 0 Å². The Morgan fingerprint density at radius 2 is 2.07 bits per heavy atom. The van der Waals surface area contributed by atoms with Crippen molar-refractivity contribution in [2.45, 2.75) is 18.3 Å². The molecule has 9 nitrogen and oxygen atoms in total. The van der Waals surface area contributed by atoms with Crippen LogP contribution in [-0.4, -0.2) is 52.0 Å². The molecule has 29 heavy (non-hydrogen) atoms. The van der Waals surface area contributed by atoms with Crippen LogP contribution in [-0.2, 0) is 22.7 Å². The first kappa shape index (κ1) is 20.7. The minimum atomic E-state index is -0.258. The number of hydrogen-bond donors (Lipinski definition) is 3. The maximum Gasteiger partial charge on any atom is 0.240 e. The number of aliphatic hydroxyl groups is 1. The molecule has 0 bridgehead atoms. The van der Waals surface area contributed by atoms with Gasteiger partial charge in [0, 0.05) is 18.3 Å². The Hall–Kier alpha value is -2.98. The largest absolute Gasteiger partial charge is 0.486 e. The van der Waals surface area contributed by atoms with Gasteiger partial charge < -0.3 is 29.8 Å². The van der Waals surface area contributed by atoms with Crippen LogP contribution in [0.25, 0.3) is 0 Å². The summed E-state index contributed by atoms with van der Waals surface area (Å²) in [6.45, 7) is 4.61. The number of thioether (sulfide) groups is 1. The van der Waals surface area contributed by atoms with Crippen LogP contribution in [0.3, 0.4) is 0 Å². The first-order chi connectivity index (χ1) is 14.1. The van der Waals surface area contributed by atoms with Gasteiger partial charge in [0.1, 0.15) is 19.8 Å². The van der Waals surface area contributed by atoms with E-state index in [2.05, 4.69) is 22.2 Å². The SMILES string of the molecule is C=CCNC(=O)Cn1c(CO)cnc1SCC(=O)Nc1ccc2c(c1)OCCO2. The molecule has 1 aromatic heterocycles. The highest BCUT2D eigenvalue weighted by molar-refractivity contribution is 7.99. The molecule has 3 rings (SSSR count). The fraction of sp³-hybridized carbons (Fsp3) is 0.316. The molecule has 2 aromatic rings. The molecule has 0 unspecified atom stereocenters. The number of ether oxygens (including phenoxy) is 2. The fourth-order valence-electron chi connectivity index (χ4n) is 2.64. The second-order valence-corrected chi connectivity index (χ2v) is 7.01. The van der Waals surface area contributed by atoms with Crippen LogP contribution < -0.4 is 20.1 Å². The Morgan fingerprint density at radius 3 is 2.83 bits per heavy atom. The Kier molecular flexibility index (Phi) is 7.14. The molecule has 1 aliphatic rings. The number of carbonyl (C=O) groups is 2. The van der Waals surface area contributed by atoms with Gasteiger partial charge in [0.15, 0.2) is 16.7 Å². The number of aliphatic hydroxyl groups excluding tert-OH is 1. The summed E-state index contributed by atoms with van der Waals surface area (Å²) in [4.78, 5) is 28.5. The van der Waals surface area contributed by atoms with Crippen molar-refractivity contribution < 1.29 is 24.2 Å². The number of benzene rings is 1. The standard InChI is InChI=1S/C19H22N4O5S/c1-2-5-20-17(25)10-23-14(11-24)9-21-19(23)29-12-18(26)22-13-3-4-15-16(8-13)28-7-6-27-15/h2-4,8-9,24H,1,5-7,10-12H2,(H,20,25)(H,22,26). The van der Waals surface area contributed by atoms with Gasteiger partial charge in [0.2, 0.25) is 11.8 Å². The average molecular weight is 418 g/mol. The molecule has 0 radical (unpaired) electrons. The number of aromatic nitrogens is 2. The molecule has 0 atom stereocenters. The molecule has 154 valence electrons. The zero-order valence-electron chi connectivity index (χ0n) is 15.7. The van der Waals surface area contributed by atoms with E-state index >= 15 is 0 Å². The second kappa shape index (κ2) is 9.99. The van der Waals surface area contributed by atoms with E-state index in [-0.39, 0.29) is 30.7 Å². The van der Waals surface area contributed by atoms with Crippen molar-refractivity contribution in [3.63, 3.8) is 0 Å². The summed E-state index contributed by atoms with van der Waals surface area (Å²) in [5, 5.41) is 15.4. The van der Waals surface area contributed by atoms with E-state index in [0.29, 0.717) is 47.8 Å².